The van der Waals surface area contributed by atoms with Gasteiger partial charge in [0.1, 0.15) is 0 Å². The Balaban J connectivity index is 1.03. The zero-order valence-corrected chi connectivity index (χ0v) is 19.3. The van der Waals surface area contributed by atoms with E-state index in [0.29, 0.717) is 29.4 Å². The van der Waals surface area contributed by atoms with Gasteiger partial charge in [-0.15, -0.1) is 0 Å². The molecule has 34 heavy (non-hydrogen) atoms. The molecule has 0 unspecified atom stereocenters. The standard InChI is InChI=1S/C25H29N5O4/c1-18-5-2-3-6-20(18)16-30-13-11-29(12-14-30)10-4-9-26-24(31)25-27-23(28-34-25)19-7-8-21-22(15-19)33-17-32-21/h2-3,5-8,15H,4,9-14,16-17H2,1H3,(H,26,31). The number of carbonyl (C=O) groups excluding carboxylic acids is 1. The van der Waals surface area contributed by atoms with Crippen LogP contribution in [0.15, 0.2) is 47.0 Å². The number of aryl methyl sites for hydroxylation is 1. The van der Waals surface area contributed by atoms with Gasteiger partial charge in [-0.3, -0.25) is 9.69 Å². The first-order valence-corrected chi connectivity index (χ1v) is 11.7. The Morgan fingerprint density at radius 3 is 2.68 bits per heavy atom. The summed E-state index contributed by atoms with van der Waals surface area (Å²) in [7, 11) is 0. The third-order valence-electron chi connectivity index (χ3n) is 6.31. The molecular weight excluding hydrogens is 434 g/mol. The predicted octanol–water partition coefficient (Wildman–Crippen LogP) is 2.71. The van der Waals surface area contributed by atoms with Crippen LogP contribution in [0.3, 0.4) is 0 Å². The van der Waals surface area contributed by atoms with Crippen molar-refractivity contribution in [2.75, 3.05) is 46.1 Å². The van der Waals surface area contributed by atoms with E-state index in [9.17, 15) is 4.79 Å². The second-order valence-electron chi connectivity index (χ2n) is 8.64. The summed E-state index contributed by atoms with van der Waals surface area (Å²) in [5, 5.41) is 6.80. The second kappa shape index (κ2) is 10.2. The summed E-state index contributed by atoms with van der Waals surface area (Å²) < 4.78 is 15.8. The van der Waals surface area contributed by atoms with Crippen LogP contribution in [0.5, 0.6) is 11.5 Å². The highest BCUT2D eigenvalue weighted by Gasteiger charge is 2.20. The third-order valence-corrected chi connectivity index (χ3v) is 6.31. The zero-order chi connectivity index (χ0) is 23.3. The number of rotatable bonds is 8. The highest BCUT2D eigenvalue weighted by atomic mass is 16.7. The van der Waals surface area contributed by atoms with Crippen molar-refractivity contribution in [2.24, 2.45) is 0 Å². The monoisotopic (exact) mass is 463 g/mol. The number of fused-ring (bicyclic) bond motifs is 1. The number of nitrogens with zero attached hydrogens (tertiary/aromatic N) is 4. The maximum absolute atomic E-state index is 12.4. The number of carbonyl (C=O) groups is 1. The van der Waals surface area contributed by atoms with Gasteiger partial charge in [0.2, 0.25) is 12.6 Å². The molecule has 0 saturated carbocycles. The summed E-state index contributed by atoms with van der Waals surface area (Å²) in [5.41, 5.74) is 3.46. The van der Waals surface area contributed by atoms with E-state index in [1.165, 1.54) is 11.1 Å². The van der Waals surface area contributed by atoms with Gasteiger partial charge in [-0.05, 0) is 49.2 Å². The van der Waals surface area contributed by atoms with Crippen LogP contribution in [0.25, 0.3) is 11.4 Å². The van der Waals surface area contributed by atoms with Gasteiger partial charge in [-0.25, -0.2) is 0 Å². The van der Waals surface area contributed by atoms with E-state index in [4.69, 9.17) is 14.0 Å². The number of benzene rings is 2. The second-order valence-corrected chi connectivity index (χ2v) is 8.64. The smallest absolute Gasteiger partial charge is 0.316 e. The minimum absolute atomic E-state index is 0.0440. The van der Waals surface area contributed by atoms with E-state index in [2.05, 4.69) is 56.4 Å². The Morgan fingerprint density at radius 1 is 1.03 bits per heavy atom. The molecule has 178 valence electrons. The lowest BCUT2D eigenvalue weighted by molar-refractivity contribution is 0.0904. The van der Waals surface area contributed by atoms with Crippen molar-refractivity contribution in [1.29, 1.82) is 0 Å². The van der Waals surface area contributed by atoms with Gasteiger partial charge in [-0.2, -0.15) is 4.98 Å². The van der Waals surface area contributed by atoms with Gasteiger partial charge in [0, 0.05) is 44.8 Å². The number of hydrogen-bond donors (Lipinski definition) is 1. The molecule has 1 saturated heterocycles. The maximum atomic E-state index is 12.4. The van der Waals surface area contributed by atoms with Gasteiger partial charge in [0.15, 0.2) is 11.5 Å². The van der Waals surface area contributed by atoms with Gasteiger partial charge >= 0.3 is 11.8 Å². The molecule has 3 aromatic rings. The first kappa shape index (κ1) is 22.4. The molecule has 0 bridgehead atoms. The van der Waals surface area contributed by atoms with Crippen molar-refractivity contribution >= 4 is 5.91 Å². The lowest BCUT2D eigenvalue weighted by Crippen LogP contribution is -2.46. The molecule has 5 rings (SSSR count). The number of hydrogen-bond acceptors (Lipinski definition) is 8. The van der Waals surface area contributed by atoms with Crippen LogP contribution >= 0.6 is 0 Å². The van der Waals surface area contributed by atoms with Crippen LogP contribution in [-0.2, 0) is 6.54 Å². The maximum Gasteiger partial charge on any atom is 0.316 e. The molecule has 1 aromatic heterocycles. The van der Waals surface area contributed by atoms with Gasteiger partial charge in [0.05, 0.1) is 0 Å². The predicted molar refractivity (Wildman–Crippen MR) is 126 cm³/mol. The highest BCUT2D eigenvalue weighted by Crippen LogP contribution is 2.35. The first-order chi connectivity index (χ1) is 16.7. The largest absolute Gasteiger partial charge is 0.454 e. The lowest BCUT2D eigenvalue weighted by Gasteiger charge is -2.35. The Labute approximate surface area is 198 Å². The molecule has 1 amide bonds. The molecule has 2 aliphatic rings. The van der Waals surface area contributed by atoms with Crippen LogP contribution in [0.1, 0.15) is 28.2 Å². The molecule has 9 heteroatoms. The Kier molecular flexibility index (Phi) is 6.73. The Morgan fingerprint density at radius 2 is 1.82 bits per heavy atom. The molecule has 0 radical (unpaired) electrons. The van der Waals surface area contributed by atoms with Crippen LogP contribution in [0.2, 0.25) is 0 Å². The molecule has 2 aromatic carbocycles. The normalized spacial score (nSPS) is 16.0. The third kappa shape index (κ3) is 5.21. The topological polar surface area (TPSA) is 93.0 Å². The van der Waals surface area contributed by atoms with Crippen molar-refractivity contribution in [1.82, 2.24) is 25.3 Å². The summed E-state index contributed by atoms with van der Waals surface area (Å²) in [4.78, 5) is 21.6. The van der Waals surface area contributed by atoms with Crippen LogP contribution in [0, 0.1) is 6.92 Å². The molecule has 0 atom stereocenters. The van der Waals surface area contributed by atoms with Crippen LogP contribution in [-0.4, -0.2) is 71.9 Å². The fraction of sp³-hybridized carbons (Fsp3) is 0.400. The number of piperazine rings is 1. The van der Waals surface area contributed by atoms with Crippen molar-refractivity contribution in [2.45, 2.75) is 19.9 Å². The van der Waals surface area contributed by atoms with Crippen molar-refractivity contribution in [3.63, 3.8) is 0 Å². The summed E-state index contributed by atoms with van der Waals surface area (Å²) in [6.45, 7) is 9.10. The SMILES string of the molecule is Cc1ccccc1CN1CCN(CCCNC(=O)c2nc(-c3ccc4c(c3)OCO4)no2)CC1. The minimum Gasteiger partial charge on any atom is -0.454 e. The number of amides is 1. The quantitative estimate of drug-likeness (QED) is 0.510. The molecule has 1 fully saturated rings. The van der Waals surface area contributed by atoms with E-state index in [1.54, 1.807) is 18.2 Å². The molecule has 1 N–H and O–H groups in total. The van der Waals surface area contributed by atoms with Crippen molar-refractivity contribution in [3.05, 3.63) is 59.5 Å². The van der Waals surface area contributed by atoms with E-state index in [1.807, 2.05) is 0 Å². The average molecular weight is 464 g/mol. The zero-order valence-electron chi connectivity index (χ0n) is 19.3. The minimum atomic E-state index is -0.359. The van der Waals surface area contributed by atoms with E-state index >= 15 is 0 Å². The fourth-order valence-electron chi connectivity index (χ4n) is 4.25. The van der Waals surface area contributed by atoms with E-state index < -0.39 is 0 Å². The Hall–Kier alpha value is -3.43. The first-order valence-electron chi connectivity index (χ1n) is 11.7. The highest BCUT2D eigenvalue weighted by molar-refractivity contribution is 5.89. The van der Waals surface area contributed by atoms with Crippen LogP contribution < -0.4 is 14.8 Å². The molecule has 3 heterocycles. The lowest BCUT2D eigenvalue weighted by atomic mass is 10.1. The van der Waals surface area contributed by atoms with Gasteiger partial charge in [0.25, 0.3) is 0 Å². The van der Waals surface area contributed by atoms with E-state index in [0.717, 1.165) is 45.7 Å². The molecule has 0 aliphatic carbocycles. The number of aromatic nitrogens is 2. The van der Waals surface area contributed by atoms with Gasteiger partial charge < -0.3 is 24.2 Å². The molecular formula is C25H29N5O4. The molecule has 9 nitrogen and oxygen atoms in total. The van der Waals surface area contributed by atoms with Crippen molar-refractivity contribution in [3.8, 4) is 22.9 Å². The summed E-state index contributed by atoms with van der Waals surface area (Å²) >= 11 is 0. The van der Waals surface area contributed by atoms with Crippen LogP contribution in [0.4, 0.5) is 0 Å². The van der Waals surface area contributed by atoms with Gasteiger partial charge in [-0.1, -0.05) is 29.4 Å². The molecule has 0 spiro atoms. The fourth-order valence-corrected chi connectivity index (χ4v) is 4.25. The molecule has 2 aliphatic heterocycles. The van der Waals surface area contributed by atoms with Crippen molar-refractivity contribution < 1.29 is 18.8 Å². The summed E-state index contributed by atoms with van der Waals surface area (Å²) in [6.07, 6.45) is 0.868. The summed E-state index contributed by atoms with van der Waals surface area (Å²) in [5.74, 6) is 1.24. The van der Waals surface area contributed by atoms with E-state index in [-0.39, 0.29) is 18.6 Å². The summed E-state index contributed by atoms with van der Waals surface area (Å²) in [6, 6.07) is 14.0. The number of nitrogens with one attached hydrogen (secondary N) is 1. The number of ether oxygens (including phenoxy) is 2. The Bertz CT molecular complexity index is 1140. The average Bonchev–Trinajstić information content (AvgIpc) is 3.53.